The maximum absolute atomic E-state index is 12.9. The Labute approximate surface area is 137 Å². The van der Waals surface area contributed by atoms with Crippen molar-refractivity contribution in [2.45, 2.75) is 6.54 Å². The summed E-state index contributed by atoms with van der Waals surface area (Å²) >= 11 is 5.85. The largest absolute Gasteiger partial charge is 0.305 e. The summed E-state index contributed by atoms with van der Waals surface area (Å²) in [5.41, 5.74) is 1.42. The second-order valence-corrected chi connectivity index (χ2v) is 5.42. The Bertz CT molecular complexity index is 813. The molecule has 0 aliphatic carbocycles. The second-order valence-electron chi connectivity index (χ2n) is 4.99. The average Bonchev–Trinajstić information content (AvgIpc) is 2.97. The van der Waals surface area contributed by atoms with E-state index < -0.39 is 0 Å². The van der Waals surface area contributed by atoms with Crippen molar-refractivity contribution in [3.63, 3.8) is 0 Å². The van der Waals surface area contributed by atoms with E-state index in [1.54, 1.807) is 16.9 Å². The number of anilines is 1. The number of hydrogen-bond acceptors (Lipinski definition) is 2. The van der Waals surface area contributed by atoms with Crippen LogP contribution < -0.4 is 5.32 Å². The average molecular weight is 330 g/mol. The molecule has 0 fully saturated rings. The van der Waals surface area contributed by atoms with Gasteiger partial charge in [0, 0.05) is 22.8 Å². The number of amides is 1. The van der Waals surface area contributed by atoms with Gasteiger partial charge in [-0.3, -0.25) is 9.48 Å². The van der Waals surface area contributed by atoms with Crippen molar-refractivity contribution in [2.75, 3.05) is 5.32 Å². The Kier molecular flexibility index (Phi) is 4.39. The number of rotatable bonds is 4. The molecule has 2 aromatic carbocycles. The normalized spacial score (nSPS) is 10.5. The summed E-state index contributed by atoms with van der Waals surface area (Å²) < 4.78 is 14.6. The van der Waals surface area contributed by atoms with Gasteiger partial charge in [0.05, 0.1) is 6.54 Å². The zero-order valence-corrected chi connectivity index (χ0v) is 12.8. The summed E-state index contributed by atoms with van der Waals surface area (Å²) in [6, 6.07) is 14.5. The van der Waals surface area contributed by atoms with Crippen LogP contribution in [0.5, 0.6) is 0 Å². The van der Waals surface area contributed by atoms with E-state index in [2.05, 4.69) is 10.4 Å². The molecule has 116 valence electrons. The van der Waals surface area contributed by atoms with E-state index in [0.717, 1.165) is 5.56 Å². The Morgan fingerprint density at radius 3 is 2.48 bits per heavy atom. The SMILES string of the molecule is O=C(Nc1ccn(Cc2ccc(Cl)cc2)n1)c1ccc(F)cc1. The van der Waals surface area contributed by atoms with E-state index >= 15 is 0 Å². The number of nitrogens with one attached hydrogen (secondary N) is 1. The van der Waals surface area contributed by atoms with Gasteiger partial charge in [0.1, 0.15) is 5.82 Å². The zero-order chi connectivity index (χ0) is 16.2. The maximum Gasteiger partial charge on any atom is 0.256 e. The van der Waals surface area contributed by atoms with Crippen molar-refractivity contribution in [3.8, 4) is 0 Å². The highest BCUT2D eigenvalue weighted by Gasteiger charge is 2.08. The van der Waals surface area contributed by atoms with Gasteiger partial charge in [-0.1, -0.05) is 23.7 Å². The molecule has 1 aromatic heterocycles. The van der Waals surface area contributed by atoms with Crippen LogP contribution in [0.2, 0.25) is 5.02 Å². The summed E-state index contributed by atoms with van der Waals surface area (Å²) in [6.45, 7) is 0.573. The molecular weight excluding hydrogens is 317 g/mol. The van der Waals surface area contributed by atoms with Gasteiger partial charge in [-0.25, -0.2) is 4.39 Å². The first-order chi connectivity index (χ1) is 11.1. The van der Waals surface area contributed by atoms with Crippen molar-refractivity contribution in [2.24, 2.45) is 0 Å². The van der Waals surface area contributed by atoms with Crippen molar-refractivity contribution >= 4 is 23.3 Å². The highest BCUT2D eigenvalue weighted by molar-refractivity contribution is 6.30. The quantitative estimate of drug-likeness (QED) is 0.787. The number of carbonyl (C=O) groups excluding carboxylic acids is 1. The number of nitrogens with zero attached hydrogens (tertiary/aromatic N) is 2. The smallest absolute Gasteiger partial charge is 0.256 e. The van der Waals surface area contributed by atoms with Crippen LogP contribution in [0.1, 0.15) is 15.9 Å². The van der Waals surface area contributed by atoms with Gasteiger partial charge in [-0.15, -0.1) is 0 Å². The molecule has 0 atom stereocenters. The minimum absolute atomic E-state index is 0.332. The van der Waals surface area contributed by atoms with Crippen LogP contribution in [-0.2, 0) is 6.54 Å². The van der Waals surface area contributed by atoms with E-state index in [0.29, 0.717) is 22.9 Å². The number of halogens is 2. The first kappa shape index (κ1) is 15.2. The highest BCUT2D eigenvalue weighted by Crippen LogP contribution is 2.12. The second kappa shape index (κ2) is 6.62. The van der Waals surface area contributed by atoms with Crippen LogP contribution in [0.25, 0.3) is 0 Å². The highest BCUT2D eigenvalue weighted by atomic mass is 35.5. The molecule has 0 aliphatic rings. The molecule has 0 spiro atoms. The Hall–Kier alpha value is -2.66. The third kappa shape index (κ3) is 3.96. The topological polar surface area (TPSA) is 46.9 Å². The summed E-state index contributed by atoms with van der Waals surface area (Å²) in [5.74, 6) is -0.274. The molecule has 0 saturated heterocycles. The van der Waals surface area contributed by atoms with Crippen LogP contribution in [-0.4, -0.2) is 15.7 Å². The first-order valence-electron chi connectivity index (χ1n) is 6.95. The predicted octanol–water partition coefficient (Wildman–Crippen LogP) is 3.98. The monoisotopic (exact) mass is 329 g/mol. The molecule has 1 amide bonds. The fourth-order valence-corrected chi connectivity index (χ4v) is 2.21. The molecule has 6 heteroatoms. The van der Waals surface area contributed by atoms with Crippen LogP contribution in [0.4, 0.5) is 10.2 Å². The number of hydrogen-bond donors (Lipinski definition) is 1. The molecule has 4 nitrogen and oxygen atoms in total. The van der Waals surface area contributed by atoms with Gasteiger partial charge >= 0.3 is 0 Å². The van der Waals surface area contributed by atoms with E-state index in [-0.39, 0.29) is 11.7 Å². The molecule has 0 aliphatic heterocycles. The van der Waals surface area contributed by atoms with Crippen molar-refractivity contribution in [3.05, 3.63) is 82.8 Å². The molecule has 0 unspecified atom stereocenters. The van der Waals surface area contributed by atoms with E-state index in [1.165, 1.54) is 24.3 Å². The first-order valence-corrected chi connectivity index (χ1v) is 7.33. The minimum Gasteiger partial charge on any atom is -0.305 e. The van der Waals surface area contributed by atoms with Crippen molar-refractivity contribution in [1.82, 2.24) is 9.78 Å². The lowest BCUT2D eigenvalue weighted by Crippen LogP contribution is -2.12. The predicted molar refractivity (Wildman–Crippen MR) is 87.1 cm³/mol. The third-order valence-corrected chi connectivity index (χ3v) is 3.50. The van der Waals surface area contributed by atoms with Crippen LogP contribution in [0, 0.1) is 5.82 Å². The van der Waals surface area contributed by atoms with Gasteiger partial charge in [0.25, 0.3) is 5.91 Å². The summed E-state index contributed by atoms with van der Waals surface area (Å²) in [7, 11) is 0. The number of carbonyl (C=O) groups is 1. The minimum atomic E-state index is -0.381. The Morgan fingerprint density at radius 2 is 1.78 bits per heavy atom. The molecule has 0 radical (unpaired) electrons. The molecule has 3 rings (SSSR count). The van der Waals surface area contributed by atoms with Gasteiger partial charge in [-0.05, 0) is 42.0 Å². The molecule has 0 bridgehead atoms. The van der Waals surface area contributed by atoms with Crippen LogP contribution in [0.3, 0.4) is 0 Å². The zero-order valence-electron chi connectivity index (χ0n) is 12.0. The maximum atomic E-state index is 12.9. The fourth-order valence-electron chi connectivity index (χ4n) is 2.08. The summed E-state index contributed by atoms with van der Waals surface area (Å²) in [4.78, 5) is 12.0. The Morgan fingerprint density at radius 1 is 1.09 bits per heavy atom. The van der Waals surface area contributed by atoms with E-state index in [9.17, 15) is 9.18 Å². The van der Waals surface area contributed by atoms with Crippen molar-refractivity contribution < 1.29 is 9.18 Å². The molecule has 1 N–H and O–H groups in total. The summed E-state index contributed by atoms with van der Waals surface area (Å²) in [5, 5.41) is 7.65. The van der Waals surface area contributed by atoms with Crippen LogP contribution >= 0.6 is 11.6 Å². The molecular formula is C17H13ClFN3O. The van der Waals surface area contributed by atoms with Crippen molar-refractivity contribution in [1.29, 1.82) is 0 Å². The van der Waals surface area contributed by atoms with E-state index in [4.69, 9.17) is 11.6 Å². The van der Waals surface area contributed by atoms with Gasteiger partial charge in [-0.2, -0.15) is 5.10 Å². The molecule has 23 heavy (non-hydrogen) atoms. The summed E-state index contributed by atoms with van der Waals surface area (Å²) in [6.07, 6.45) is 1.77. The molecule has 3 aromatic rings. The standard InChI is InChI=1S/C17H13ClFN3O/c18-14-5-1-12(2-6-14)11-22-10-9-16(21-22)20-17(23)13-3-7-15(19)8-4-13/h1-10H,11H2,(H,20,21,23). The number of aromatic nitrogens is 2. The fraction of sp³-hybridized carbons (Fsp3) is 0.0588. The molecule has 1 heterocycles. The van der Waals surface area contributed by atoms with Gasteiger partial charge in [0.15, 0.2) is 5.82 Å². The lowest BCUT2D eigenvalue weighted by atomic mass is 10.2. The lowest BCUT2D eigenvalue weighted by molar-refractivity contribution is 0.102. The van der Waals surface area contributed by atoms with E-state index in [1.807, 2.05) is 24.3 Å². The number of benzene rings is 2. The molecule has 0 saturated carbocycles. The Balaban J connectivity index is 1.66. The third-order valence-electron chi connectivity index (χ3n) is 3.25. The van der Waals surface area contributed by atoms with Gasteiger partial charge in [0.2, 0.25) is 0 Å². The van der Waals surface area contributed by atoms with Crippen LogP contribution in [0.15, 0.2) is 60.8 Å². The van der Waals surface area contributed by atoms with Gasteiger partial charge < -0.3 is 5.32 Å². The lowest BCUT2D eigenvalue weighted by Gasteiger charge is -2.03.